The van der Waals surface area contributed by atoms with Gasteiger partial charge in [0.05, 0.1) is 13.2 Å². The van der Waals surface area contributed by atoms with Gasteiger partial charge in [0.1, 0.15) is 0 Å². The number of rotatable bonds is 1. The van der Waals surface area contributed by atoms with E-state index in [1.54, 1.807) is 0 Å². The summed E-state index contributed by atoms with van der Waals surface area (Å²) < 4.78 is 10.6. The monoisotopic (exact) mass is 150 g/mol. The van der Waals surface area contributed by atoms with Crippen molar-refractivity contribution in [1.82, 2.24) is 0 Å². The summed E-state index contributed by atoms with van der Waals surface area (Å²) in [5, 5.41) is 0. The first-order chi connectivity index (χ1) is 5.36. The highest BCUT2D eigenvalue weighted by molar-refractivity contribution is 5.45. The molecule has 0 aromatic rings. The summed E-state index contributed by atoms with van der Waals surface area (Å²) in [7, 11) is 0. The quantitative estimate of drug-likeness (QED) is 0.562. The first kappa shape index (κ1) is 6.83. The van der Waals surface area contributed by atoms with Gasteiger partial charge in [0.2, 0.25) is 0 Å². The zero-order valence-electron chi connectivity index (χ0n) is 6.25. The normalized spacial score (nSPS) is 24.7. The minimum atomic E-state index is -0.148. The molecule has 11 heavy (non-hydrogen) atoms. The maximum Gasteiger partial charge on any atom is 0.184 e. The van der Waals surface area contributed by atoms with Gasteiger partial charge in [-0.25, -0.2) is 0 Å². The van der Waals surface area contributed by atoms with Crippen LogP contribution in [0.2, 0.25) is 0 Å². The number of allylic oxidation sites excluding steroid dienone is 3. The average molecular weight is 150 g/mol. The lowest BCUT2D eigenvalue weighted by Crippen LogP contribution is -2.08. The Labute approximate surface area is 65.8 Å². The van der Waals surface area contributed by atoms with Gasteiger partial charge in [0, 0.05) is 5.57 Å². The van der Waals surface area contributed by atoms with E-state index < -0.39 is 0 Å². The molecular formula is C9H10O2. The van der Waals surface area contributed by atoms with Crippen LogP contribution in [-0.2, 0) is 9.47 Å². The molecule has 0 atom stereocenters. The average Bonchev–Trinajstić information content (AvgIpc) is 2.55. The van der Waals surface area contributed by atoms with E-state index in [4.69, 9.17) is 9.47 Å². The van der Waals surface area contributed by atoms with E-state index in [1.165, 1.54) is 0 Å². The lowest BCUT2D eigenvalue weighted by molar-refractivity contribution is -0.00813. The van der Waals surface area contributed by atoms with E-state index >= 15 is 0 Å². The van der Waals surface area contributed by atoms with Crippen LogP contribution in [0.15, 0.2) is 36.0 Å². The van der Waals surface area contributed by atoms with Crippen molar-refractivity contribution in [1.29, 1.82) is 0 Å². The molecule has 0 bridgehead atoms. The highest BCUT2D eigenvalue weighted by Crippen LogP contribution is 2.21. The van der Waals surface area contributed by atoms with Gasteiger partial charge in [0.25, 0.3) is 0 Å². The van der Waals surface area contributed by atoms with Gasteiger partial charge < -0.3 is 9.47 Å². The maximum absolute atomic E-state index is 5.30. The number of ether oxygens (including phenoxy) is 2. The molecule has 0 N–H and O–H groups in total. The summed E-state index contributed by atoms with van der Waals surface area (Å²) in [6.07, 6.45) is 5.78. The molecule has 2 aliphatic rings. The van der Waals surface area contributed by atoms with E-state index in [2.05, 4.69) is 6.58 Å². The molecule has 2 heteroatoms. The van der Waals surface area contributed by atoms with Crippen LogP contribution in [0.4, 0.5) is 0 Å². The fourth-order valence-electron chi connectivity index (χ4n) is 1.21. The van der Waals surface area contributed by atoms with E-state index in [1.807, 2.05) is 18.2 Å². The summed E-state index contributed by atoms with van der Waals surface area (Å²) in [6.45, 7) is 5.20. The Morgan fingerprint density at radius 2 is 2.00 bits per heavy atom. The minimum Gasteiger partial charge on any atom is -0.346 e. The molecule has 0 aromatic carbocycles. The molecule has 0 aromatic heterocycles. The van der Waals surface area contributed by atoms with E-state index in [9.17, 15) is 0 Å². The highest BCUT2D eigenvalue weighted by Gasteiger charge is 2.20. The van der Waals surface area contributed by atoms with Crippen LogP contribution in [0.1, 0.15) is 0 Å². The van der Waals surface area contributed by atoms with E-state index in [-0.39, 0.29) is 6.29 Å². The molecular weight excluding hydrogens is 140 g/mol. The zero-order chi connectivity index (χ0) is 7.68. The van der Waals surface area contributed by atoms with Crippen molar-refractivity contribution in [3.05, 3.63) is 36.0 Å². The summed E-state index contributed by atoms with van der Waals surface area (Å²) in [4.78, 5) is 0. The van der Waals surface area contributed by atoms with Crippen molar-refractivity contribution in [3.8, 4) is 0 Å². The summed E-state index contributed by atoms with van der Waals surface area (Å²) in [5.74, 6) is 0. The molecule has 2 rings (SSSR count). The molecule has 1 aliphatic carbocycles. The van der Waals surface area contributed by atoms with Crippen LogP contribution in [0.5, 0.6) is 0 Å². The molecule has 1 heterocycles. The molecule has 0 radical (unpaired) electrons. The molecule has 1 saturated heterocycles. The molecule has 1 fully saturated rings. The first-order valence-electron chi connectivity index (χ1n) is 3.68. The third-order valence-corrected chi connectivity index (χ3v) is 1.74. The second-order valence-corrected chi connectivity index (χ2v) is 2.63. The Balaban J connectivity index is 2.10. The van der Waals surface area contributed by atoms with Gasteiger partial charge in [-0.2, -0.15) is 0 Å². The fraction of sp³-hybridized carbons (Fsp3) is 0.333. The van der Waals surface area contributed by atoms with Gasteiger partial charge in [-0.15, -0.1) is 0 Å². The number of hydrogen-bond donors (Lipinski definition) is 0. The Hall–Kier alpha value is -0.860. The van der Waals surface area contributed by atoms with E-state index in [0.29, 0.717) is 13.2 Å². The molecule has 0 amide bonds. The van der Waals surface area contributed by atoms with Crippen LogP contribution >= 0.6 is 0 Å². The molecule has 0 spiro atoms. The summed E-state index contributed by atoms with van der Waals surface area (Å²) in [5.41, 5.74) is 2.09. The predicted octanol–water partition coefficient (Wildman–Crippen LogP) is 1.41. The Bertz CT molecular complexity index is 232. The maximum atomic E-state index is 5.30. The minimum absolute atomic E-state index is 0.148. The highest BCUT2D eigenvalue weighted by atomic mass is 16.7. The zero-order valence-corrected chi connectivity index (χ0v) is 6.25. The van der Waals surface area contributed by atoms with Crippen molar-refractivity contribution in [2.45, 2.75) is 6.29 Å². The Morgan fingerprint density at radius 3 is 2.55 bits per heavy atom. The SMILES string of the molecule is C=C1C=CC(C2OCCO2)=C1. The molecule has 0 unspecified atom stereocenters. The third kappa shape index (κ3) is 1.27. The largest absolute Gasteiger partial charge is 0.346 e. The van der Waals surface area contributed by atoms with Crippen molar-refractivity contribution in [3.63, 3.8) is 0 Å². The third-order valence-electron chi connectivity index (χ3n) is 1.74. The second kappa shape index (κ2) is 2.64. The van der Waals surface area contributed by atoms with Crippen molar-refractivity contribution < 1.29 is 9.47 Å². The topological polar surface area (TPSA) is 18.5 Å². The molecule has 1 aliphatic heterocycles. The second-order valence-electron chi connectivity index (χ2n) is 2.63. The molecule has 0 saturated carbocycles. The Morgan fingerprint density at radius 1 is 1.27 bits per heavy atom. The summed E-state index contributed by atoms with van der Waals surface area (Å²) in [6, 6.07) is 0. The van der Waals surface area contributed by atoms with Crippen LogP contribution in [0.3, 0.4) is 0 Å². The summed E-state index contributed by atoms with van der Waals surface area (Å²) >= 11 is 0. The van der Waals surface area contributed by atoms with Gasteiger partial charge >= 0.3 is 0 Å². The van der Waals surface area contributed by atoms with Crippen LogP contribution < -0.4 is 0 Å². The predicted molar refractivity (Wildman–Crippen MR) is 42.1 cm³/mol. The Kier molecular flexibility index (Phi) is 1.64. The van der Waals surface area contributed by atoms with Crippen LogP contribution in [0, 0.1) is 0 Å². The smallest absolute Gasteiger partial charge is 0.184 e. The van der Waals surface area contributed by atoms with Gasteiger partial charge in [-0.05, 0) is 11.6 Å². The molecule has 2 nitrogen and oxygen atoms in total. The lowest BCUT2D eigenvalue weighted by Gasteiger charge is -2.06. The number of hydrogen-bond acceptors (Lipinski definition) is 2. The van der Waals surface area contributed by atoms with Crippen molar-refractivity contribution >= 4 is 0 Å². The van der Waals surface area contributed by atoms with Crippen LogP contribution in [0.25, 0.3) is 0 Å². The van der Waals surface area contributed by atoms with Gasteiger partial charge in [-0.1, -0.05) is 18.7 Å². The standard InChI is InChI=1S/C9H10O2/c1-7-2-3-8(6-7)9-10-4-5-11-9/h2-3,6,9H,1,4-5H2. The van der Waals surface area contributed by atoms with E-state index in [0.717, 1.165) is 11.1 Å². The van der Waals surface area contributed by atoms with Crippen molar-refractivity contribution in [2.75, 3.05) is 13.2 Å². The lowest BCUT2D eigenvalue weighted by atomic mass is 10.3. The first-order valence-corrected chi connectivity index (χ1v) is 3.68. The molecule has 58 valence electrons. The van der Waals surface area contributed by atoms with Gasteiger partial charge in [0.15, 0.2) is 6.29 Å². The van der Waals surface area contributed by atoms with Gasteiger partial charge in [-0.3, -0.25) is 0 Å². The van der Waals surface area contributed by atoms with Crippen molar-refractivity contribution in [2.24, 2.45) is 0 Å². The van der Waals surface area contributed by atoms with Crippen LogP contribution in [-0.4, -0.2) is 19.5 Å². The fourth-order valence-corrected chi connectivity index (χ4v) is 1.21.